The van der Waals surface area contributed by atoms with Gasteiger partial charge in [-0.05, 0) is 131 Å². The lowest BCUT2D eigenvalue weighted by Crippen LogP contribution is -2.37. The number of hydrogen-bond acceptors (Lipinski definition) is 9. The van der Waals surface area contributed by atoms with Gasteiger partial charge >= 0.3 is 12.1 Å². The third kappa shape index (κ3) is 15.2. The van der Waals surface area contributed by atoms with Crippen molar-refractivity contribution >= 4 is 34.4 Å². The maximum Gasteiger partial charge on any atom is 0.407 e. The summed E-state index contributed by atoms with van der Waals surface area (Å²) in [5.41, 5.74) is 2.64. The quantitative estimate of drug-likeness (QED) is 0.0314. The average Bonchev–Trinajstić information content (AvgIpc) is 3.49. The molecule has 3 unspecified atom stereocenters. The summed E-state index contributed by atoms with van der Waals surface area (Å²) in [5, 5.41) is 39.4. The summed E-state index contributed by atoms with van der Waals surface area (Å²) in [6.07, 6.45) is 12.9. The first-order chi connectivity index (χ1) is 28.8. The van der Waals surface area contributed by atoms with Crippen LogP contribution in [0, 0.1) is 11.8 Å². The molecule has 1 saturated carbocycles. The molecule has 322 valence electrons. The van der Waals surface area contributed by atoms with Crippen LogP contribution >= 0.6 is 0 Å². The van der Waals surface area contributed by atoms with Gasteiger partial charge in [-0.2, -0.15) is 0 Å². The Bertz CT molecular complexity index is 1980. The first-order valence-electron chi connectivity index (χ1n) is 21.4. The van der Waals surface area contributed by atoms with Crippen LogP contribution in [0.25, 0.3) is 10.8 Å². The van der Waals surface area contributed by atoms with Crippen molar-refractivity contribution in [2.45, 2.75) is 128 Å². The van der Waals surface area contributed by atoms with Gasteiger partial charge in [0.25, 0.3) is 0 Å². The zero-order chi connectivity index (χ0) is 42.9. The molecule has 0 aliphatic heterocycles. The van der Waals surface area contributed by atoms with Gasteiger partial charge in [-0.25, -0.2) is 4.79 Å². The highest BCUT2D eigenvalue weighted by Crippen LogP contribution is 2.38. The van der Waals surface area contributed by atoms with Crippen LogP contribution in [0.15, 0.2) is 103 Å². The number of nitrogens with zero attached hydrogens (tertiary/aromatic N) is 1. The third-order valence-corrected chi connectivity index (χ3v) is 11.1. The van der Waals surface area contributed by atoms with Gasteiger partial charge in [-0.3, -0.25) is 14.6 Å². The molecule has 1 aromatic heterocycles. The summed E-state index contributed by atoms with van der Waals surface area (Å²) in [4.78, 5) is 42.8. The Hall–Kier alpha value is -5.10. The predicted octanol–water partition coefficient (Wildman–Crippen LogP) is 8.55. The summed E-state index contributed by atoms with van der Waals surface area (Å²) in [6.45, 7) is 5.40. The monoisotopic (exact) mass is 821 g/mol. The number of rotatable bonds is 21. The molecule has 1 heterocycles. The number of aryl methyl sites for hydroxylation is 1. The molecule has 0 spiro atoms. The number of carbonyl (C=O) groups excluding carboxylic acids is 3. The molecule has 1 aliphatic rings. The highest BCUT2D eigenvalue weighted by Gasteiger charge is 2.40. The first kappa shape index (κ1) is 46.0. The number of aromatic nitrogens is 1. The molecule has 60 heavy (non-hydrogen) atoms. The Kier molecular flexibility index (Phi) is 17.7. The molecule has 5 rings (SSSR count). The lowest BCUT2D eigenvalue weighted by molar-refractivity contribution is -0.145. The number of alkyl carbamates (subject to hydrolysis) is 1. The van der Waals surface area contributed by atoms with Gasteiger partial charge in [0.2, 0.25) is 5.91 Å². The van der Waals surface area contributed by atoms with Crippen LogP contribution in [0.5, 0.6) is 0 Å². The molecule has 1 aliphatic carbocycles. The fourth-order valence-corrected chi connectivity index (χ4v) is 7.90. The average molecular weight is 822 g/mol. The molecule has 11 nitrogen and oxygen atoms in total. The number of amides is 2. The van der Waals surface area contributed by atoms with Crippen LogP contribution in [-0.2, 0) is 32.1 Å². The fourth-order valence-electron chi connectivity index (χ4n) is 7.90. The number of allylic oxidation sites excluding steroid dienone is 2. The molecule has 2 amide bonds. The Morgan fingerprint density at radius 3 is 2.38 bits per heavy atom. The van der Waals surface area contributed by atoms with E-state index in [9.17, 15) is 29.7 Å². The minimum atomic E-state index is -0.734. The highest BCUT2D eigenvalue weighted by atomic mass is 16.6. The van der Waals surface area contributed by atoms with E-state index in [2.05, 4.69) is 27.8 Å². The Morgan fingerprint density at radius 1 is 0.867 bits per heavy atom. The van der Waals surface area contributed by atoms with E-state index in [-0.39, 0.29) is 49.4 Å². The molecule has 3 aromatic carbocycles. The van der Waals surface area contributed by atoms with Crippen LogP contribution in [0.3, 0.4) is 0 Å². The van der Waals surface area contributed by atoms with Gasteiger partial charge in [0.15, 0.2) is 0 Å². The molecular formula is C49H63N3O8. The second kappa shape index (κ2) is 23.0. The molecule has 1 fully saturated rings. The topological polar surface area (TPSA) is 167 Å². The van der Waals surface area contributed by atoms with Gasteiger partial charge in [0.1, 0.15) is 12.2 Å². The summed E-state index contributed by atoms with van der Waals surface area (Å²) >= 11 is 0. The van der Waals surface area contributed by atoms with Gasteiger partial charge in [-0.15, -0.1) is 0 Å². The van der Waals surface area contributed by atoms with E-state index in [1.165, 1.54) is 5.56 Å². The minimum Gasteiger partial charge on any atom is -0.461 e. The molecule has 0 radical (unpaired) electrons. The molecule has 11 heteroatoms. The Labute approximate surface area is 354 Å². The number of ether oxygens (including phenoxy) is 2. The number of pyridine rings is 1. The molecule has 4 aromatic rings. The lowest BCUT2D eigenvalue weighted by Gasteiger charge is -2.23. The summed E-state index contributed by atoms with van der Waals surface area (Å²) in [6, 6.07) is 24.9. The Balaban J connectivity index is 1.03. The number of esters is 1. The molecule has 5 N–H and O–H groups in total. The van der Waals surface area contributed by atoms with Gasteiger partial charge in [-0.1, -0.05) is 79.2 Å². The van der Waals surface area contributed by atoms with Gasteiger partial charge in [0, 0.05) is 36.4 Å². The number of aliphatic hydroxyl groups excluding tert-OH is 3. The fraction of sp³-hybridized carbons (Fsp3) is 0.469. The molecule has 0 saturated heterocycles. The number of unbranched alkanes of at least 4 members (excludes halogenated alkanes) is 1. The largest absolute Gasteiger partial charge is 0.461 e. The first-order valence-corrected chi connectivity index (χ1v) is 21.4. The highest BCUT2D eigenvalue weighted by molar-refractivity contribution is 5.98. The van der Waals surface area contributed by atoms with Crippen LogP contribution in [0.2, 0.25) is 0 Å². The summed E-state index contributed by atoms with van der Waals surface area (Å²) < 4.78 is 10.9. The van der Waals surface area contributed by atoms with Crippen molar-refractivity contribution in [3.63, 3.8) is 0 Å². The lowest BCUT2D eigenvalue weighted by atomic mass is 9.86. The maximum atomic E-state index is 13.6. The van der Waals surface area contributed by atoms with Crippen molar-refractivity contribution in [1.82, 2.24) is 10.3 Å². The summed E-state index contributed by atoms with van der Waals surface area (Å²) in [5.74, 6) is -1.38. The van der Waals surface area contributed by atoms with E-state index in [0.717, 1.165) is 48.4 Å². The number of anilines is 1. The van der Waals surface area contributed by atoms with E-state index in [1.54, 1.807) is 57.4 Å². The second-order valence-corrected chi connectivity index (χ2v) is 17.0. The normalized spacial score (nSPS) is 18.9. The van der Waals surface area contributed by atoms with Crippen LogP contribution in [0.4, 0.5) is 10.5 Å². The predicted molar refractivity (Wildman–Crippen MR) is 234 cm³/mol. The summed E-state index contributed by atoms with van der Waals surface area (Å²) in [7, 11) is 0. The van der Waals surface area contributed by atoms with Gasteiger partial charge in [0.05, 0.1) is 24.2 Å². The van der Waals surface area contributed by atoms with E-state index >= 15 is 0 Å². The van der Waals surface area contributed by atoms with Crippen molar-refractivity contribution in [1.29, 1.82) is 0 Å². The second-order valence-electron chi connectivity index (χ2n) is 17.0. The van der Waals surface area contributed by atoms with Crippen molar-refractivity contribution in [3.05, 3.63) is 120 Å². The zero-order valence-corrected chi connectivity index (χ0v) is 35.3. The van der Waals surface area contributed by atoms with E-state index in [1.807, 2.05) is 54.6 Å². The third-order valence-electron chi connectivity index (χ3n) is 11.1. The van der Waals surface area contributed by atoms with E-state index in [0.29, 0.717) is 43.4 Å². The van der Waals surface area contributed by atoms with Crippen molar-refractivity contribution < 1.29 is 39.2 Å². The number of fused-ring (bicyclic) bond motifs is 1. The number of nitrogens with one attached hydrogen (secondary N) is 2. The number of aliphatic hydroxyl groups is 3. The van der Waals surface area contributed by atoms with Gasteiger partial charge < -0.3 is 35.4 Å². The van der Waals surface area contributed by atoms with Crippen molar-refractivity contribution in [3.8, 4) is 0 Å². The number of hydrogen-bond donors (Lipinski definition) is 5. The van der Waals surface area contributed by atoms with Crippen LogP contribution in [-0.4, -0.2) is 68.7 Å². The van der Waals surface area contributed by atoms with E-state index < -0.39 is 29.8 Å². The number of benzene rings is 3. The Morgan fingerprint density at radius 2 is 1.62 bits per heavy atom. The van der Waals surface area contributed by atoms with Crippen molar-refractivity contribution in [2.24, 2.45) is 11.8 Å². The maximum absolute atomic E-state index is 13.6. The SMILES string of the molecule is CC(C)(C)OC(=O)NCC(C(=O)Nc1ccc2cnccc2c1)c1ccc(COC(=O)CCC/C=C\C[C@H]2C(O)C[C@@H](O)[C@@H]2CCCC(O)CCCc2ccccc2)cc1. The molecular weight excluding hydrogens is 759 g/mol. The number of carbonyl (C=O) groups is 3. The smallest absolute Gasteiger partial charge is 0.407 e. The molecule has 0 bridgehead atoms. The minimum absolute atomic E-state index is 0.00401. The molecule has 6 atom stereocenters. The van der Waals surface area contributed by atoms with Crippen LogP contribution < -0.4 is 10.6 Å². The van der Waals surface area contributed by atoms with Crippen molar-refractivity contribution in [2.75, 3.05) is 11.9 Å². The van der Waals surface area contributed by atoms with E-state index in [4.69, 9.17) is 9.47 Å². The van der Waals surface area contributed by atoms with Crippen LogP contribution in [0.1, 0.15) is 108 Å². The standard InChI is InChI=1S/C49H63N3O8/c1-49(2,3)60-48(58)51-32-43(47(57)52-39-26-25-38-31-50-28-27-37(38)29-39)36-23-21-35(22-24-36)33-59-46(56)20-10-5-4-9-18-41-42(45(55)30-44(41)54)19-12-17-40(53)16-11-15-34-13-7-6-8-14-34/h4,6-9,13-14,21-29,31,40-45,53-55H,5,10-12,15-20,30,32-33H2,1-3H3,(H,51,58)(H,52,57)/b9-4-/t40?,41-,42-,43?,44?,45-/m1/s1. The zero-order valence-electron chi connectivity index (χ0n) is 35.3.